The summed E-state index contributed by atoms with van der Waals surface area (Å²) in [5.74, 6) is 0.0870. The van der Waals surface area contributed by atoms with Crippen molar-refractivity contribution >= 4 is 23.2 Å². The predicted octanol–water partition coefficient (Wildman–Crippen LogP) is 6.66. The molecule has 1 aromatic carbocycles. The molecular weight excluding hydrogens is 496 g/mol. The highest BCUT2D eigenvalue weighted by Crippen LogP contribution is 2.46. The molecule has 206 valence electrons. The van der Waals surface area contributed by atoms with Crippen LogP contribution in [0.25, 0.3) is 10.4 Å². The van der Waals surface area contributed by atoms with Crippen molar-refractivity contribution in [3.63, 3.8) is 0 Å². The largest absolute Gasteiger partial charge is 0.365 e. The van der Waals surface area contributed by atoms with Crippen LogP contribution in [-0.4, -0.2) is 39.4 Å². The van der Waals surface area contributed by atoms with Gasteiger partial charge in [0.1, 0.15) is 12.3 Å². The van der Waals surface area contributed by atoms with E-state index in [9.17, 15) is 9.59 Å². The van der Waals surface area contributed by atoms with Crippen LogP contribution in [-0.2, 0) is 15.1 Å². The van der Waals surface area contributed by atoms with Crippen LogP contribution in [0.1, 0.15) is 83.7 Å². The van der Waals surface area contributed by atoms with E-state index < -0.39 is 0 Å². The molecule has 1 unspecified atom stereocenters. The third kappa shape index (κ3) is 7.53. The van der Waals surface area contributed by atoms with Crippen molar-refractivity contribution in [2.24, 2.45) is 5.41 Å². The number of thiazole rings is 1. The third-order valence-corrected chi connectivity index (χ3v) is 7.66. The molecule has 0 bridgehead atoms. The summed E-state index contributed by atoms with van der Waals surface area (Å²) in [6.07, 6.45) is 5.56. The Hall–Kier alpha value is -3.00. The number of nitrogens with zero attached hydrogens (tertiary/aromatic N) is 3. The highest BCUT2D eigenvalue weighted by atomic mass is 32.1. The standard InChI is InChI=1S/C24H31N3O2S.C4H5NO.C2H6/c1-16-21(30-15-25-16)17-7-9-18(10-8-17)24(11-12-24)26-22(29)19-6-5-13-27(19)20(28)14-23(2,3)4;1-4-2-3-6-5-4;1-2/h7-10,15,19H,5-6,11-14H2,1-4H3,(H,26,29);2-3H,1H3;1-2H3. The average Bonchev–Trinajstić information content (AvgIpc) is 3.26. The summed E-state index contributed by atoms with van der Waals surface area (Å²) in [5, 5.41) is 6.84. The molecule has 7 nitrogen and oxygen atoms in total. The van der Waals surface area contributed by atoms with Crippen molar-refractivity contribution in [3.8, 4) is 10.4 Å². The van der Waals surface area contributed by atoms with Crippen molar-refractivity contribution in [3.05, 3.63) is 59.1 Å². The number of likely N-dealkylation sites (tertiary alicyclic amines) is 1. The second-order valence-electron chi connectivity index (χ2n) is 11.0. The van der Waals surface area contributed by atoms with Gasteiger partial charge in [-0.1, -0.05) is 64.0 Å². The van der Waals surface area contributed by atoms with Crippen LogP contribution in [0.5, 0.6) is 0 Å². The van der Waals surface area contributed by atoms with E-state index in [4.69, 9.17) is 0 Å². The Labute approximate surface area is 231 Å². The Kier molecular flexibility index (Phi) is 9.88. The van der Waals surface area contributed by atoms with Crippen molar-refractivity contribution in [2.45, 2.75) is 92.2 Å². The third-order valence-electron chi connectivity index (χ3n) is 6.68. The van der Waals surface area contributed by atoms with E-state index in [-0.39, 0.29) is 28.8 Å². The van der Waals surface area contributed by atoms with Crippen molar-refractivity contribution < 1.29 is 14.1 Å². The Balaban J connectivity index is 0.000000434. The molecule has 1 N–H and O–H groups in total. The van der Waals surface area contributed by atoms with Gasteiger partial charge < -0.3 is 14.7 Å². The van der Waals surface area contributed by atoms with Crippen LogP contribution in [0.2, 0.25) is 0 Å². The minimum absolute atomic E-state index is 0.00497. The van der Waals surface area contributed by atoms with E-state index in [1.165, 1.54) is 4.88 Å². The zero-order chi connectivity index (χ0) is 27.9. The zero-order valence-corrected chi connectivity index (χ0v) is 24.7. The molecule has 1 saturated carbocycles. The first-order valence-electron chi connectivity index (χ1n) is 13.6. The van der Waals surface area contributed by atoms with Gasteiger partial charge in [-0.15, -0.1) is 11.3 Å². The number of aryl methyl sites for hydroxylation is 2. The first-order valence-corrected chi connectivity index (χ1v) is 14.5. The Morgan fingerprint density at radius 1 is 1.13 bits per heavy atom. The van der Waals surface area contributed by atoms with E-state index >= 15 is 0 Å². The van der Waals surface area contributed by atoms with Crippen LogP contribution in [0.3, 0.4) is 0 Å². The molecule has 2 aliphatic rings. The van der Waals surface area contributed by atoms with Gasteiger partial charge in [-0.3, -0.25) is 9.59 Å². The Morgan fingerprint density at radius 2 is 1.82 bits per heavy atom. The maximum Gasteiger partial charge on any atom is 0.243 e. The highest BCUT2D eigenvalue weighted by Gasteiger charge is 2.48. The Morgan fingerprint density at radius 3 is 2.29 bits per heavy atom. The minimum Gasteiger partial charge on any atom is -0.365 e. The van der Waals surface area contributed by atoms with E-state index in [1.54, 1.807) is 28.6 Å². The lowest BCUT2D eigenvalue weighted by Gasteiger charge is -2.29. The number of nitrogens with one attached hydrogen (secondary N) is 1. The monoisotopic (exact) mass is 538 g/mol. The molecule has 2 amide bonds. The number of amides is 2. The number of aromatic nitrogens is 2. The predicted molar refractivity (Wildman–Crippen MR) is 153 cm³/mol. The molecule has 1 atom stereocenters. The summed E-state index contributed by atoms with van der Waals surface area (Å²) in [6.45, 7) is 14.8. The highest BCUT2D eigenvalue weighted by molar-refractivity contribution is 7.13. The van der Waals surface area contributed by atoms with Gasteiger partial charge in [0.2, 0.25) is 11.8 Å². The van der Waals surface area contributed by atoms with Crippen LogP contribution in [0.15, 0.2) is 46.6 Å². The number of carbonyl (C=O) groups is 2. The summed E-state index contributed by atoms with van der Waals surface area (Å²) in [5.41, 5.74) is 5.80. The molecule has 5 rings (SSSR count). The number of carbonyl (C=O) groups excluding carboxylic acids is 2. The molecule has 2 aromatic heterocycles. The summed E-state index contributed by atoms with van der Waals surface area (Å²) < 4.78 is 4.46. The van der Waals surface area contributed by atoms with Gasteiger partial charge in [0.15, 0.2) is 0 Å². The SMILES string of the molecule is CC.Cc1ccon1.Cc1ncsc1-c1ccc(C2(NC(=O)C3CCCN3C(=O)CC(C)(C)C)CC2)cc1. The van der Waals surface area contributed by atoms with E-state index in [0.29, 0.717) is 13.0 Å². The fourth-order valence-corrected chi connectivity index (χ4v) is 5.43. The first-order chi connectivity index (χ1) is 18.1. The van der Waals surface area contributed by atoms with Crippen molar-refractivity contribution in [2.75, 3.05) is 6.54 Å². The normalized spacial score (nSPS) is 17.6. The van der Waals surface area contributed by atoms with E-state index in [0.717, 1.165) is 48.2 Å². The van der Waals surface area contributed by atoms with Crippen molar-refractivity contribution in [1.82, 2.24) is 20.4 Å². The molecule has 38 heavy (non-hydrogen) atoms. The van der Waals surface area contributed by atoms with Gasteiger partial charge in [-0.25, -0.2) is 4.98 Å². The molecule has 2 fully saturated rings. The minimum atomic E-state index is -0.337. The molecule has 8 heteroatoms. The van der Waals surface area contributed by atoms with Crippen LogP contribution in [0, 0.1) is 19.3 Å². The lowest BCUT2D eigenvalue weighted by Crippen LogP contribution is -2.49. The van der Waals surface area contributed by atoms with Gasteiger partial charge in [-0.2, -0.15) is 0 Å². The van der Waals surface area contributed by atoms with Crippen LogP contribution in [0.4, 0.5) is 0 Å². The fourth-order valence-electron chi connectivity index (χ4n) is 4.62. The molecule has 1 aliphatic carbocycles. The maximum absolute atomic E-state index is 13.1. The number of hydrogen-bond acceptors (Lipinski definition) is 6. The molecule has 3 heterocycles. The lowest BCUT2D eigenvalue weighted by molar-refractivity contribution is -0.140. The molecule has 1 aliphatic heterocycles. The van der Waals surface area contributed by atoms with Gasteiger partial charge >= 0.3 is 0 Å². The molecule has 0 spiro atoms. The second-order valence-corrected chi connectivity index (χ2v) is 11.9. The molecule has 0 radical (unpaired) electrons. The smallest absolute Gasteiger partial charge is 0.243 e. The van der Waals surface area contributed by atoms with E-state index in [2.05, 4.69) is 65.0 Å². The van der Waals surface area contributed by atoms with Gasteiger partial charge in [0, 0.05) is 19.0 Å². The molecular formula is C30H42N4O3S. The second kappa shape index (κ2) is 12.7. The van der Waals surface area contributed by atoms with Gasteiger partial charge in [0.05, 0.1) is 27.3 Å². The summed E-state index contributed by atoms with van der Waals surface area (Å²) in [7, 11) is 0. The average molecular weight is 539 g/mol. The lowest BCUT2D eigenvalue weighted by atomic mass is 9.91. The summed E-state index contributed by atoms with van der Waals surface area (Å²) in [6, 6.07) is 9.96. The number of hydrogen-bond donors (Lipinski definition) is 1. The van der Waals surface area contributed by atoms with Gasteiger partial charge in [-0.05, 0) is 56.1 Å². The quantitative estimate of drug-likeness (QED) is 0.392. The maximum atomic E-state index is 13.1. The Bertz CT molecular complexity index is 1180. The molecule has 3 aromatic rings. The fraction of sp³-hybridized carbons (Fsp3) is 0.533. The summed E-state index contributed by atoms with van der Waals surface area (Å²) in [4.78, 5) is 33.2. The zero-order valence-electron chi connectivity index (χ0n) is 23.8. The number of rotatable bonds is 5. The topological polar surface area (TPSA) is 88.3 Å². The summed E-state index contributed by atoms with van der Waals surface area (Å²) >= 11 is 1.65. The van der Waals surface area contributed by atoms with Crippen LogP contribution >= 0.6 is 11.3 Å². The van der Waals surface area contributed by atoms with E-state index in [1.807, 2.05) is 33.2 Å². The van der Waals surface area contributed by atoms with Crippen molar-refractivity contribution in [1.29, 1.82) is 0 Å². The number of benzene rings is 1. The van der Waals surface area contributed by atoms with Gasteiger partial charge in [0.25, 0.3) is 0 Å². The molecule has 1 saturated heterocycles. The first kappa shape index (κ1) is 29.6. The van der Waals surface area contributed by atoms with Crippen LogP contribution < -0.4 is 5.32 Å².